The molecule has 4 nitrogen and oxygen atoms in total. The van der Waals surface area contributed by atoms with Gasteiger partial charge in [0.05, 0.1) is 0 Å². The number of hydrogen-bond acceptors (Lipinski definition) is 3. The summed E-state index contributed by atoms with van der Waals surface area (Å²) in [5, 5.41) is 3.04. The highest BCUT2D eigenvalue weighted by molar-refractivity contribution is 7.89. The summed E-state index contributed by atoms with van der Waals surface area (Å²) in [5.41, 5.74) is 0. The lowest BCUT2D eigenvalue weighted by Crippen LogP contribution is -2.31. The van der Waals surface area contributed by atoms with Crippen LogP contribution >= 0.6 is 12.4 Å². The van der Waals surface area contributed by atoms with E-state index >= 15 is 0 Å². The first kappa shape index (κ1) is 16.4. The Morgan fingerprint density at radius 2 is 2.11 bits per heavy atom. The van der Waals surface area contributed by atoms with Crippen molar-refractivity contribution in [3.8, 4) is 0 Å². The predicted molar refractivity (Wildman–Crippen MR) is 74.4 cm³/mol. The standard InChI is InChI=1S/C12H17FN2O2S.ClH/c1-14-8-10-6-7-15(9-10)18(16,17)12-5-3-2-4-11(12)13;/h2-5,10,14H,6-9H2,1H3;1H. The lowest BCUT2D eigenvalue weighted by atomic mass is 10.1. The van der Waals surface area contributed by atoms with E-state index < -0.39 is 15.8 Å². The van der Waals surface area contributed by atoms with Crippen LogP contribution in [0.25, 0.3) is 0 Å². The van der Waals surface area contributed by atoms with Crippen molar-refractivity contribution in [1.82, 2.24) is 9.62 Å². The molecule has 0 aliphatic carbocycles. The van der Waals surface area contributed by atoms with Gasteiger partial charge in [-0.1, -0.05) is 12.1 Å². The minimum absolute atomic E-state index is 0. The highest BCUT2D eigenvalue weighted by Crippen LogP contribution is 2.25. The number of halogens is 2. The summed E-state index contributed by atoms with van der Waals surface area (Å²) in [7, 11) is -1.85. The van der Waals surface area contributed by atoms with E-state index in [1.54, 1.807) is 0 Å². The molecular weight excluding hydrogens is 291 g/mol. The molecule has 1 aromatic rings. The summed E-state index contributed by atoms with van der Waals surface area (Å²) in [6.07, 6.45) is 0.814. The molecular formula is C12H18ClFN2O2S. The van der Waals surface area contributed by atoms with Gasteiger partial charge in [-0.05, 0) is 38.1 Å². The van der Waals surface area contributed by atoms with Crippen LogP contribution in [0.2, 0.25) is 0 Å². The normalized spacial score (nSPS) is 20.2. The summed E-state index contributed by atoms with van der Waals surface area (Å²) in [6.45, 7) is 1.70. The second kappa shape index (κ2) is 6.65. The van der Waals surface area contributed by atoms with Crippen molar-refractivity contribution in [2.75, 3.05) is 26.7 Å². The van der Waals surface area contributed by atoms with Gasteiger partial charge in [0, 0.05) is 13.1 Å². The van der Waals surface area contributed by atoms with Crippen molar-refractivity contribution in [3.63, 3.8) is 0 Å². The van der Waals surface area contributed by atoms with E-state index in [0.717, 1.165) is 13.0 Å². The maximum Gasteiger partial charge on any atom is 0.245 e. The van der Waals surface area contributed by atoms with Gasteiger partial charge >= 0.3 is 0 Å². The first-order valence-electron chi connectivity index (χ1n) is 5.95. The number of nitrogens with zero attached hydrogens (tertiary/aromatic N) is 1. The van der Waals surface area contributed by atoms with Crippen LogP contribution in [-0.2, 0) is 10.0 Å². The maximum atomic E-state index is 13.6. The highest BCUT2D eigenvalue weighted by atomic mass is 35.5. The van der Waals surface area contributed by atoms with E-state index in [4.69, 9.17) is 0 Å². The molecule has 108 valence electrons. The smallest absolute Gasteiger partial charge is 0.245 e. The third-order valence-corrected chi connectivity index (χ3v) is 5.09. The lowest BCUT2D eigenvalue weighted by molar-refractivity contribution is 0.446. The van der Waals surface area contributed by atoms with Gasteiger partial charge in [-0.2, -0.15) is 4.31 Å². The van der Waals surface area contributed by atoms with Crippen LogP contribution in [0.5, 0.6) is 0 Å². The molecule has 1 N–H and O–H groups in total. The number of sulfonamides is 1. The number of hydrogen-bond donors (Lipinski definition) is 1. The van der Waals surface area contributed by atoms with Gasteiger partial charge in [-0.25, -0.2) is 12.8 Å². The van der Waals surface area contributed by atoms with Gasteiger partial charge in [-0.15, -0.1) is 12.4 Å². The Morgan fingerprint density at radius 1 is 1.42 bits per heavy atom. The predicted octanol–water partition coefficient (Wildman–Crippen LogP) is 1.48. The summed E-state index contributed by atoms with van der Waals surface area (Å²) in [5.74, 6) is -0.383. The van der Waals surface area contributed by atoms with E-state index in [-0.39, 0.29) is 17.3 Å². The molecule has 2 rings (SSSR count). The molecule has 0 amide bonds. The highest BCUT2D eigenvalue weighted by Gasteiger charge is 2.33. The first-order chi connectivity index (χ1) is 8.55. The lowest BCUT2D eigenvalue weighted by Gasteiger charge is -2.17. The van der Waals surface area contributed by atoms with Crippen molar-refractivity contribution in [1.29, 1.82) is 0 Å². The summed E-state index contributed by atoms with van der Waals surface area (Å²) in [4.78, 5) is -0.227. The molecule has 0 spiro atoms. The molecule has 1 atom stereocenters. The van der Waals surface area contributed by atoms with Gasteiger partial charge in [0.25, 0.3) is 0 Å². The molecule has 0 aromatic heterocycles. The summed E-state index contributed by atoms with van der Waals surface area (Å²) >= 11 is 0. The van der Waals surface area contributed by atoms with Gasteiger partial charge in [0.2, 0.25) is 10.0 Å². The fraction of sp³-hybridized carbons (Fsp3) is 0.500. The molecule has 0 bridgehead atoms. The Bertz CT molecular complexity index is 524. The monoisotopic (exact) mass is 308 g/mol. The van der Waals surface area contributed by atoms with Crippen LogP contribution in [0.3, 0.4) is 0 Å². The van der Waals surface area contributed by atoms with Crippen LogP contribution in [-0.4, -0.2) is 39.4 Å². The zero-order valence-electron chi connectivity index (χ0n) is 10.7. The molecule has 1 aromatic carbocycles. The first-order valence-corrected chi connectivity index (χ1v) is 7.39. The second-order valence-electron chi connectivity index (χ2n) is 4.51. The van der Waals surface area contributed by atoms with E-state index in [0.29, 0.717) is 19.0 Å². The van der Waals surface area contributed by atoms with Crippen LogP contribution in [0.4, 0.5) is 4.39 Å². The average molecular weight is 309 g/mol. The Balaban J connectivity index is 0.00000180. The third kappa shape index (κ3) is 3.45. The van der Waals surface area contributed by atoms with Crippen LogP contribution in [0, 0.1) is 11.7 Å². The number of benzene rings is 1. The van der Waals surface area contributed by atoms with Gasteiger partial charge in [0.1, 0.15) is 10.7 Å². The Kier molecular flexibility index (Phi) is 5.73. The average Bonchev–Trinajstić information content (AvgIpc) is 2.79. The van der Waals surface area contributed by atoms with Gasteiger partial charge in [-0.3, -0.25) is 0 Å². The zero-order chi connectivity index (χ0) is 13.2. The molecule has 1 aliphatic heterocycles. The summed E-state index contributed by atoms with van der Waals surface area (Å²) < 4.78 is 39.5. The van der Waals surface area contributed by atoms with E-state index in [1.807, 2.05) is 7.05 Å². The molecule has 7 heteroatoms. The molecule has 1 heterocycles. The Labute approximate surface area is 119 Å². The third-order valence-electron chi connectivity index (χ3n) is 3.20. The molecule has 1 aliphatic rings. The van der Waals surface area contributed by atoms with Gasteiger partial charge < -0.3 is 5.32 Å². The Hall–Kier alpha value is -0.690. The van der Waals surface area contributed by atoms with E-state index in [1.165, 1.54) is 28.6 Å². The number of nitrogens with one attached hydrogen (secondary N) is 1. The molecule has 0 radical (unpaired) electrons. The van der Waals surface area contributed by atoms with Crippen molar-refractivity contribution < 1.29 is 12.8 Å². The zero-order valence-corrected chi connectivity index (χ0v) is 12.3. The van der Waals surface area contributed by atoms with Crippen molar-refractivity contribution >= 4 is 22.4 Å². The topological polar surface area (TPSA) is 49.4 Å². The summed E-state index contributed by atoms with van der Waals surface area (Å²) in [6, 6.07) is 5.52. The quantitative estimate of drug-likeness (QED) is 0.916. The van der Waals surface area contributed by atoms with Crippen LogP contribution in [0.1, 0.15) is 6.42 Å². The minimum atomic E-state index is -3.69. The van der Waals surface area contributed by atoms with Gasteiger partial charge in [0.15, 0.2) is 0 Å². The fourth-order valence-corrected chi connectivity index (χ4v) is 3.86. The Morgan fingerprint density at radius 3 is 2.74 bits per heavy atom. The fourth-order valence-electron chi connectivity index (χ4n) is 2.26. The van der Waals surface area contributed by atoms with Crippen molar-refractivity contribution in [3.05, 3.63) is 30.1 Å². The molecule has 19 heavy (non-hydrogen) atoms. The van der Waals surface area contributed by atoms with Crippen molar-refractivity contribution in [2.45, 2.75) is 11.3 Å². The minimum Gasteiger partial charge on any atom is -0.319 e. The SMILES string of the molecule is CNCC1CCN(S(=O)(=O)c2ccccc2F)C1.Cl. The van der Waals surface area contributed by atoms with Crippen LogP contribution in [0.15, 0.2) is 29.2 Å². The van der Waals surface area contributed by atoms with E-state index in [2.05, 4.69) is 5.32 Å². The molecule has 1 fully saturated rings. The van der Waals surface area contributed by atoms with Crippen molar-refractivity contribution in [2.24, 2.45) is 5.92 Å². The second-order valence-corrected chi connectivity index (χ2v) is 6.41. The van der Waals surface area contributed by atoms with E-state index in [9.17, 15) is 12.8 Å². The van der Waals surface area contributed by atoms with Crippen LogP contribution < -0.4 is 5.32 Å². The molecule has 1 saturated heterocycles. The molecule has 1 unspecified atom stereocenters. The largest absolute Gasteiger partial charge is 0.319 e. The maximum absolute atomic E-state index is 13.6. The number of rotatable bonds is 4. The molecule has 0 saturated carbocycles.